The smallest absolute Gasteiger partial charge is 0.348 e. The predicted molar refractivity (Wildman–Crippen MR) is 99.3 cm³/mol. The van der Waals surface area contributed by atoms with Crippen molar-refractivity contribution in [1.29, 1.82) is 0 Å². The molecule has 6 nitrogen and oxygen atoms in total. The molecule has 140 valence electrons. The predicted octanol–water partition coefficient (Wildman–Crippen LogP) is 3.78. The molecule has 0 spiro atoms. The number of aromatic nitrogens is 1. The van der Waals surface area contributed by atoms with E-state index >= 15 is 0 Å². The summed E-state index contributed by atoms with van der Waals surface area (Å²) in [4.78, 5) is 41.0. The summed E-state index contributed by atoms with van der Waals surface area (Å²) in [7, 11) is 0. The normalized spacial score (nSPS) is 10.7. The topological polar surface area (TPSA) is 85.5 Å². The second-order valence-electron chi connectivity index (χ2n) is 5.89. The Balaban J connectivity index is 2.09. The van der Waals surface area contributed by atoms with Crippen LogP contribution in [0.5, 0.6) is 0 Å². The molecule has 0 amide bonds. The molecule has 2 aromatic rings. The molecular formula is C19H23NO5S. The molecule has 0 aliphatic rings. The van der Waals surface area contributed by atoms with Crippen LogP contribution in [0.15, 0.2) is 6.07 Å². The van der Waals surface area contributed by atoms with Crippen LogP contribution in [0.2, 0.25) is 0 Å². The number of nitrogens with one attached hydrogen (secondary N) is 1. The number of thiophene rings is 1. The summed E-state index contributed by atoms with van der Waals surface area (Å²) in [6.45, 7) is 8.92. The maximum atomic E-state index is 12.4. The van der Waals surface area contributed by atoms with Crippen LogP contribution >= 0.6 is 11.3 Å². The fraction of sp³-hybridized carbons (Fsp3) is 0.421. The van der Waals surface area contributed by atoms with E-state index in [2.05, 4.69) is 4.98 Å². The summed E-state index contributed by atoms with van der Waals surface area (Å²) in [6.07, 6.45) is 0.839. The Morgan fingerprint density at radius 2 is 1.77 bits per heavy atom. The highest BCUT2D eigenvalue weighted by Crippen LogP contribution is 2.23. The van der Waals surface area contributed by atoms with Gasteiger partial charge in [-0.05, 0) is 51.3 Å². The third kappa shape index (κ3) is 4.04. The number of ketones is 1. The summed E-state index contributed by atoms with van der Waals surface area (Å²) in [5, 5.41) is 0. The van der Waals surface area contributed by atoms with Crippen molar-refractivity contribution in [3.05, 3.63) is 43.9 Å². The number of carbonyl (C=O) groups excluding carboxylic acids is 3. The summed E-state index contributed by atoms with van der Waals surface area (Å²) in [5.74, 6) is -1.38. The first-order valence-corrected chi connectivity index (χ1v) is 9.27. The summed E-state index contributed by atoms with van der Waals surface area (Å²) >= 11 is 1.36. The number of Topliss-reactive ketones (excluding diaryl/α,β-unsaturated/α-hetero) is 1. The van der Waals surface area contributed by atoms with Crippen LogP contribution in [-0.4, -0.2) is 35.9 Å². The number of hydrogen-bond acceptors (Lipinski definition) is 6. The lowest BCUT2D eigenvalue weighted by Crippen LogP contribution is -2.15. The third-order valence-corrected chi connectivity index (χ3v) is 5.21. The molecule has 0 radical (unpaired) electrons. The average Bonchev–Trinajstić information content (AvgIpc) is 3.12. The van der Waals surface area contributed by atoms with Gasteiger partial charge in [-0.2, -0.15) is 0 Å². The molecule has 2 aromatic heterocycles. The van der Waals surface area contributed by atoms with E-state index in [1.165, 1.54) is 11.3 Å². The van der Waals surface area contributed by atoms with Crippen molar-refractivity contribution in [2.75, 3.05) is 13.2 Å². The molecular weight excluding hydrogens is 354 g/mol. The molecule has 0 unspecified atom stereocenters. The number of rotatable bonds is 7. The standard InChI is InChI=1S/C19H23NO5S/c1-6-13-8-15(26-12(13)5)18(22)25-9-14(21)17-10(3)16(11(4)20-17)19(23)24-7-2/h8,20H,6-7,9H2,1-5H3. The second-order valence-corrected chi connectivity index (χ2v) is 7.15. The largest absolute Gasteiger partial charge is 0.462 e. The molecule has 0 aliphatic heterocycles. The number of H-pyrrole nitrogens is 1. The van der Waals surface area contributed by atoms with Gasteiger partial charge in [-0.15, -0.1) is 11.3 Å². The summed E-state index contributed by atoms with van der Waals surface area (Å²) in [6, 6.07) is 1.80. The van der Waals surface area contributed by atoms with Gasteiger partial charge in [-0.25, -0.2) is 9.59 Å². The first kappa shape index (κ1) is 19.9. The lowest BCUT2D eigenvalue weighted by atomic mass is 10.1. The number of aromatic amines is 1. The minimum atomic E-state index is -0.516. The van der Waals surface area contributed by atoms with Gasteiger partial charge in [-0.3, -0.25) is 4.79 Å². The van der Waals surface area contributed by atoms with E-state index in [-0.39, 0.29) is 18.9 Å². The first-order chi connectivity index (χ1) is 12.3. The van der Waals surface area contributed by atoms with E-state index < -0.39 is 17.7 Å². The van der Waals surface area contributed by atoms with E-state index in [1.807, 2.05) is 13.8 Å². The van der Waals surface area contributed by atoms with Crippen LogP contribution in [0.3, 0.4) is 0 Å². The Kier molecular flexibility index (Phi) is 6.37. The van der Waals surface area contributed by atoms with E-state index in [0.29, 0.717) is 21.7 Å². The third-order valence-electron chi connectivity index (χ3n) is 4.13. The number of aryl methyl sites for hydroxylation is 3. The lowest BCUT2D eigenvalue weighted by molar-refractivity contribution is 0.0477. The number of esters is 2. The summed E-state index contributed by atoms with van der Waals surface area (Å²) < 4.78 is 10.2. The average molecular weight is 377 g/mol. The van der Waals surface area contributed by atoms with Gasteiger partial charge in [0.15, 0.2) is 6.61 Å². The van der Waals surface area contributed by atoms with Crippen molar-refractivity contribution in [2.24, 2.45) is 0 Å². The molecule has 1 N–H and O–H groups in total. The van der Waals surface area contributed by atoms with Gasteiger partial charge < -0.3 is 14.5 Å². The van der Waals surface area contributed by atoms with Crippen molar-refractivity contribution in [1.82, 2.24) is 4.98 Å². The molecule has 0 saturated heterocycles. The molecule has 0 saturated carbocycles. The van der Waals surface area contributed by atoms with Crippen molar-refractivity contribution in [2.45, 2.75) is 41.0 Å². The van der Waals surface area contributed by atoms with Crippen molar-refractivity contribution in [3.8, 4) is 0 Å². The monoisotopic (exact) mass is 377 g/mol. The van der Waals surface area contributed by atoms with Gasteiger partial charge in [0, 0.05) is 10.6 Å². The van der Waals surface area contributed by atoms with Crippen LogP contribution in [0.4, 0.5) is 0 Å². The van der Waals surface area contributed by atoms with Gasteiger partial charge >= 0.3 is 11.9 Å². The quantitative estimate of drug-likeness (QED) is 0.586. The molecule has 7 heteroatoms. The van der Waals surface area contributed by atoms with Gasteiger partial charge in [0.25, 0.3) is 0 Å². The van der Waals surface area contributed by atoms with Crippen molar-refractivity contribution >= 4 is 29.1 Å². The van der Waals surface area contributed by atoms with Gasteiger partial charge in [0.05, 0.1) is 17.9 Å². The molecule has 2 rings (SSSR count). The zero-order valence-electron chi connectivity index (χ0n) is 15.6. The molecule has 26 heavy (non-hydrogen) atoms. The minimum Gasteiger partial charge on any atom is -0.462 e. The number of carbonyl (C=O) groups is 3. The van der Waals surface area contributed by atoms with E-state index in [1.54, 1.807) is 26.8 Å². The molecule has 0 bridgehead atoms. The molecule has 2 heterocycles. The van der Waals surface area contributed by atoms with E-state index in [9.17, 15) is 14.4 Å². The Hall–Kier alpha value is -2.41. The fourth-order valence-electron chi connectivity index (χ4n) is 2.78. The number of ether oxygens (including phenoxy) is 2. The van der Waals surface area contributed by atoms with Crippen LogP contribution in [0.1, 0.15) is 66.1 Å². The van der Waals surface area contributed by atoms with E-state index in [0.717, 1.165) is 16.9 Å². The Morgan fingerprint density at radius 1 is 1.08 bits per heavy atom. The van der Waals surface area contributed by atoms with Crippen molar-refractivity contribution < 1.29 is 23.9 Å². The fourth-order valence-corrected chi connectivity index (χ4v) is 3.79. The Bertz CT molecular complexity index is 846. The Labute approximate surface area is 156 Å². The number of hydrogen-bond donors (Lipinski definition) is 1. The highest BCUT2D eigenvalue weighted by atomic mass is 32.1. The highest BCUT2D eigenvalue weighted by molar-refractivity contribution is 7.14. The SMILES string of the molecule is CCOC(=O)c1c(C)[nH]c(C(=O)COC(=O)c2cc(CC)c(C)s2)c1C. The van der Waals surface area contributed by atoms with Crippen LogP contribution in [0.25, 0.3) is 0 Å². The molecule has 0 aromatic carbocycles. The van der Waals surface area contributed by atoms with Gasteiger partial charge in [0.1, 0.15) is 4.88 Å². The van der Waals surface area contributed by atoms with Crippen LogP contribution < -0.4 is 0 Å². The zero-order valence-corrected chi connectivity index (χ0v) is 16.5. The van der Waals surface area contributed by atoms with Crippen molar-refractivity contribution in [3.63, 3.8) is 0 Å². The maximum Gasteiger partial charge on any atom is 0.348 e. The Morgan fingerprint density at radius 3 is 2.35 bits per heavy atom. The highest BCUT2D eigenvalue weighted by Gasteiger charge is 2.24. The van der Waals surface area contributed by atoms with E-state index in [4.69, 9.17) is 9.47 Å². The van der Waals surface area contributed by atoms with Crippen LogP contribution in [-0.2, 0) is 15.9 Å². The summed E-state index contributed by atoms with van der Waals surface area (Å²) in [5.41, 5.74) is 2.76. The van der Waals surface area contributed by atoms with Gasteiger partial charge in [-0.1, -0.05) is 6.92 Å². The van der Waals surface area contributed by atoms with Crippen LogP contribution in [0, 0.1) is 20.8 Å². The maximum absolute atomic E-state index is 12.4. The second kappa shape index (κ2) is 8.31. The molecule has 0 atom stereocenters. The minimum absolute atomic E-state index is 0.254. The molecule has 0 fully saturated rings. The zero-order chi connectivity index (χ0) is 19.4. The molecule has 0 aliphatic carbocycles. The first-order valence-electron chi connectivity index (χ1n) is 8.45. The van der Waals surface area contributed by atoms with Gasteiger partial charge in [0.2, 0.25) is 5.78 Å². The lowest BCUT2D eigenvalue weighted by Gasteiger charge is -2.04.